The van der Waals surface area contributed by atoms with Gasteiger partial charge in [-0.25, -0.2) is 0 Å². The van der Waals surface area contributed by atoms with Gasteiger partial charge in [-0.1, -0.05) is 18.2 Å². The van der Waals surface area contributed by atoms with Crippen LogP contribution >= 0.6 is 0 Å². The maximum absolute atomic E-state index is 13.6. The summed E-state index contributed by atoms with van der Waals surface area (Å²) in [4.78, 5) is 17.7. The molecule has 0 bridgehead atoms. The van der Waals surface area contributed by atoms with Gasteiger partial charge in [0.15, 0.2) is 5.65 Å². The van der Waals surface area contributed by atoms with Gasteiger partial charge in [-0.3, -0.25) is 9.20 Å². The van der Waals surface area contributed by atoms with Crippen molar-refractivity contribution >= 4 is 17.2 Å². The van der Waals surface area contributed by atoms with E-state index in [1.54, 1.807) is 0 Å². The first-order valence-corrected chi connectivity index (χ1v) is 10.5. The monoisotopic (exact) mass is 389 g/mol. The van der Waals surface area contributed by atoms with E-state index in [1.807, 2.05) is 38.5 Å². The van der Waals surface area contributed by atoms with Crippen molar-refractivity contribution in [2.24, 2.45) is 0 Å². The number of carbonyl (C=O) groups excluding carboxylic acids is 1. The predicted octanol–water partition coefficient (Wildman–Crippen LogP) is 3.23. The summed E-state index contributed by atoms with van der Waals surface area (Å²) in [5.74, 6) is 1.49. The molecule has 2 aliphatic rings. The molecule has 1 aromatic carbocycles. The van der Waals surface area contributed by atoms with Crippen molar-refractivity contribution in [1.82, 2.24) is 19.5 Å². The number of nitrogens with zero attached hydrogens (tertiary/aromatic N) is 5. The van der Waals surface area contributed by atoms with E-state index in [-0.39, 0.29) is 17.2 Å². The van der Waals surface area contributed by atoms with Gasteiger partial charge in [0.05, 0.1) is 5.41 Å². The molecule has 1 unspecified atom stereocenters. The van der Waals surface area contributed by atoms with E-state index < -0.39 is 0 Å². The Morgan fingerprint density at radius 2 is 1.90 bits per heavy atom. The minimum Gasteiger partial charge on any atom is -0.378 e. The van der Waals surface area contributed by atoms with Crippen molar-refractivity contribution in [2.45, 2.75) is 37.0 Å². The first-order chi connectivity index (χ1) is 14.1. The molecule has 150 valence electrons. The van der Waals surface area contributed by atoms with Crippen LogP contribution in [0.3, 0.4) is 0 Å². The molecule has 6 nitrogen and oxygen atoms in total. The van der Waals surface area contributed by atoms with E-state index >= 15 is 0 Å². The van der Waals surface area contributed by atoms with E-state index in [0.29, 0.717) is 0 Å². The molecule has 2 aromatic heterocycles. The number of hydrogen-bond acceptors (Lipinski definition) is 4. The number of likely N-dealkylation sites (tertiary alicyclic amines) is 1. The minimum absolute atomic E-state index is 0.233. The fourth-order valence-electron chi connectivity index (χ4n) is 4.64. The summed E-state index contributed by atoms with van der Waals surface area (Å²) in [7, 11) is 4.07. The summed E-state index contributed by atoms with van der Waals surface area (Å²) in [5.41, 5.74) is 2.86. The SMILES string of the molecule is CN(C)c1ccc(C2(C(=O)N3CCCC(c4nnc5ccccn45)C3)CC2)cc1. The van der Waals surface area contributed by atoms with Gasteiger partial charge in [-0.05, 0) is 55.5 Å². The Bertz CT molecular complexity index is 1030. The van der Waals surface area contributed by atoms with Gasteiger partial charge in [0, 0.05) is 45.0 Å². The summed E-state index contributed by atoms with van der Waals surface area (Å²) in [6, 6.07) is 14.4. The second-order valence-electron chi connectivity index (χ2n) is 8.60. The molecule has 3 aromatic rings. The van der Waals surface area contributed by atoms with Crippen molar-refractivity contribution in [3.8, 4) is 0 Å². The Labute approximate surface area is 171 Å². The number of piperidine rings is 1. The Hall–Kier alpha value is -2.89. The van der Waals surface area contributed by atoms with Crippen LogP contribution in [-0.2, 0) is 10.2 Å². The van der Waals surface area contributed by atoms with Crippen molar-refractivity contribution in [2.75, 3.05) is 32.1 Å². The van der Waals surface area contributed by atoms with E-state index in [1.165, 1.54) is 0 Å². The lowest BCUT2D eigenvalue weighted by Crippen LogP contribution is -2.44. The van der Waals surface area contributed by atoms with Crippen LogP contribution in [-0.4, -0.2) is 52.6 Å². The van der Waals surface area contributed by atoms with E-state index in [2.05, 4.69) is 48.7 Å². The van der Waals surface area contributed by atoms with Crippen LogP contribution in [0.1, 0.15) is 43.0 Å². The third-order valence-electron chi connectivity index (χ3n) is 6.51. The van der Waals surface area contributed by atoms with Gasteiger partial charge in [-0.2, -0.15) is 0 Å². The van der Waals surface area contributed by atoms with E-state index in [9.17, 15) is 4.79 Å². The second-order valence-corrected chi connectivity index (χ2v) is 8.60. The minimum atomic E-state index is -0.320. The maximum Gasteiger partial charge on any atom is 0.233 e. The zero-order valence-corrected chi connectivity index (χ0v) is 17.1. The third kappa shape index (κ3) is 3.07. The molecule has 1 aliphatic carbocycles. The summed E-state index contributed by atoms with van der Waals surface area (Å²) >= 11 is 0. The van der Waals surface area contributed by atoms with Crippen molar-refractivity contribution in [3.05, 3.63) is 60.0 Å². The van der Waals surface area contributed by atoms with Crippen LogP contribution in [0.4, 0.5) is 5.69 Å². The van der Waals surface area contributed by atoms with Gasteiger partial charge >= 0.3 is 0 Å². The zero-order valence-electron chi connectivity index (χ0n) is 17.1. The summed E-state index contributed by atoms with van der Waals surface area (Å²) in [6.07, 6.45) is 5.96. The van der Waals surface area contributed by atoms with E-state index in [4.69, 9.17) is 0 Å². The molecule has 3 heterocycles. The lowest BCUT2D eigenvalue weighted by atomic mass is 9.91. The highest BCUT2D eigenvalue weighted by molar-refractivity contribution is 5.91. The van der Waals surface area contributed by atoms with Gasteiger partial charge < -0.3 is 9.80 Å². The number of benzene rings is 1. The maximum atomic E-state index is 13.6. The molecule has 2 fully saturated rings. The number of aromatic nitrogens is 3. The molecule has 29 heavy (non-hydrogen) atoms. The van der Waals surface area contributed by atoms with Crippen LogP contribution in [0, 0.1) is 0 Å². The van der Waals surface area contributed by atoms with Crippen molar-refractivity contribution < 1.29 is 4.79 Å². The molecule has 1 saturated heterocycles. The lowest BCUT2D eigenvalue weighted by Gasteiger charge is -2.34. The fourth-order valence-corrected chi connectivity index (χ4v) is 4.64. The predicted molar refractivity (Wildman–Crippen MR) is 113 cm³/mol. The first kappa shape index (κ1) is 18.2. The molecule has 0 radical (unpaired) electrons. The molecule has 0 N–H and O–H groups in total. The lowest BCUT2D eigenvalue weighted by molar-refractivity contribution is -0.135. The Balaban J connectivity index is 1.37. The van der Waals surface area contributed by atoms with E-state index in [0.717, 1.165) is 61.5 Å². The third-order valence-corrected chi connectivity index (χ3v) is 6.51. The summed E-state index contributed by atoms with van der Waals surface area (Å²) in [5, 5.41) is 8.75. The average molecular weight is 390 g/mol. The van der Waals surface area contributed by atoms with Crippen molar-refractivity contribution in [3.63, 3.8) is 0 Å². The smallest absolute Gasteiger partial charge is 0.233 e. The number of pyridine rings is 1. The highest BCUT2D eigenvalue weighted by atomic mass is 16.2. The fraction of sp³-hybridized carbons (Fsp3) is 0.435. The van der Waals surface area contributed by atoms with Gasteiger partial charge in [0.25, 0.3) is 0 Å². The van der Waals surface area contributed by atoms with Crippen LogP contribution in [0.2, 0.25) is 0 Å². The number of amides is 1. The molecule has 1 atom stereocenters. The normalized spacial score (nSPS) is 20.6. The Morgan fingerprint density at radius 3 is 2.62 bits per heavy atom. The number of anilines is 1. The highest BCUT2D eigenvalue weighted by Crippen LogP contribution is 2.50. The summed E-state index contributed by atoms with van der Waals surface area (Å²) < 4.78 is 2.06. The molecule has 1 aliphatic heterocycles. The van der Waals surface area contributed by atoms with Gasteiger partial charge in [0.1, 0.15) is 5.82 Å². The van der Waals surface area contributed by atoms with Crippen LogP contribution in [0.25, 0.3) is 5.65 Å². The van der Waals surface area contributed by atoms with Gasteiger partial charge in [-0.15, -0.1) is 10.2 Å². The average Bonchev–Trinajstić information content (AvgIpc) is 3.46. The number of fused-ring (bicyclic) bond motifs is 1. The molecule has 5 rings (SSSR count). The molecule has 1 amide bonds. The molecular formula is C23H27N5O. The molecular weight excluding hydrogens is 362 g/mol. The molecule has 1 saturated carbocycles. The van der Waals surface area contributed by atoms with Crippen LogP contribution < -0.4 is 4.90 Å². The second kappa shape index (κ2) is 6.87. The summed E-state index contributed by atoms with van der Waals surface area (Å²) in [6.45, 7) is 1.57. The standard InChI is InChI=1S/C23H27N5O/c1-26(2)19-10-8-18(9-11-19)23(12-13-23)22(29)27-14-5-6-17(16-27)21-25-24-20-7-3-4-15-28(20)21/h3-4,7-11,15,17H,5-6,12-14,16H2,1-2H3. The molecule has 0 spiro atoms. The molecule has 6 heteroatoms. The van der Waals surface area contributed by atoms with Crippen LogP contribution in [0.5, 0.6) is 0 Å². The number of hydrogen-bond donors (Lipinski definition) is 0. The number of rotatable bonds is 4. The van der Waals surface area contributed by atoms with Crippen molar-refractivity contribution in [1.29, 1.82) is 0 Å². The topological polar surface area (TPSA) is 53.7 Å². The largest absolute Gasteiger partial charge is 0.378 e. The quantitative estimate of drug-likeness (QED) is 0.687. The highest BCUT2D eigenvalue weighted by Gasteiger charge is 2.53. The zero-order chi connectivity index (χ0) is 20.0. The Morgan fingerprint density at radius 1 is 1.10 bits per heavy atom. The first-order valence-electron chi connectivity index (χ1n) is 10.5. The van der Waals surface area contributed by atoms with Crippen LogP contribution in [0.15, 0.2) is 48.7 Å². The number of carbonyl (C=O) groups is 1. The van der Waals surface area contributed by atoms with Gasteiger partial charge in [0.2, 0.25) is 5.91 Å². The Kier molecular flexibility index (Phi) is 4.30.